The lowest BCUT2D eigenvalue weighted by Gasteiger charge is -2.28. The Bertz CT molecular complexity index is 1200. The molecule has 222 valence electrons. The predicted molar refractivity (Wildman–Crippen MR) is 153 cm³/mol. The highest BCUT2D eigenvalue weighted by atomic mass is 16.5. The Labute approximate surface area is 240 Å². The molecule has 11 nitrogen and oxygen atoms in total. The monoisotopic (exact) mass is 568 g/mol. The number of methoxy groups -OCH3 is 1. The first-order valence-corrected chi connectivity index (χ1v) is 13.7. The zero-order chi connectivity index (χ0) is 29.9. The molecule has 0 spiro atoms. The molecule has 1 heterocycles. The zero-order valence-electron chi connectivity index (χ0n) is 24.3. The van der Waals surface area contributed by atoms with Crippen LogP contribution in [0.1, 0.15) is 44.0 Å². The third-order valence-electron chi connectivity index (χ3n) is 7.03. The van der Waals surface area contributed by atoms with E-state index >= 15 is 0 Å². The molecule has 3 atom stereocenters. The van der Waals surface area contributed by atoms with Crippen LogP contribution in [0.5, 0.6) is 17.2 Å². The number of likely N-dealkylation sites (N-methyl/N-ethyl adjacent to an activating group) is 1. The van der Waals surface area contributed by atoms with Crippen LogP contribution in [0.15, 0.2) is 48.5 Å². The molecule has 0 aromatic heterocycles. The Hall–Kier alpha value is -4.28. The molecule has 11 heteroatoms. The summed E-state index contributed by atoms with van der Waals surface area (Å²) in [4.78, 5) is 53.8. The summed E-state index contributed by atoms with van der Waals surface area (Å²) in [6.45, 7) is 6.04. The molecule has 2 aromatic rings. The highest BCUT2D eigenvalue weighted by Gasteiger charge is 2.29. The van der Waals surface area contributed by atoms with Crippen LogP contribution in [0.2, 0.25) is 0 Å². The average molecular weight is 569 g/mol. The van der Waals surface area contributed by atoms with Crippen LogP contribution < -0.4 is 30.2 Å². The number of nitrogens with zero attached hydrogens (tertiary/aromatic N) is 1. The third-order valence-corrected chi connectivity index (χ3v) is 7.03. The minimum absolute atomic E-state index is 0.0330. The molecule has 0 fully saturated rings. The zero-order valence-corrected chi connectivity index (χ0v) is 24.3. The first-order valence-electron chi connectivity index (χ1n) is 13.7. The summed E-state index contributed by atoms with van der Waals surface area (Å²) in [6, 6.07) is 11.7. The van der Waals surface area contributed by atoms with Crippen molar-refractivity contribution in [1.29, 1.82) is 0 Å². The van der Waals surface area contributed by atoms with Gasteiger partial charge in [-0.15, -0.1) is 0 Å². The Morgan fingerprint density at radius 3 is 2.44 bits per heavy atom. The van der Waals surface area contributed by atoms with Crippen molar-refractivity contribution in [2.75, 3.05) is 33.9 Å². The minimum atomic E-state index is -1.01. The fraction of sp³-hybridized carbons (Fsp3) is 0.467. The van der Waals surface area contributed by atoms with Crippen LogP contribution in [0.3, 0.4) is 0 Å². The second-order valence-electron chi connectivity index (χ2n) is 10.2. The highest BCUT2D eigenvalue weighted by Crippen LogP contribution is 2.20. The van der Waals surface area contributed by atoms with Gasteiger partial charge in [0.15, 0.2) is 0 Å². The highest BCUT2D eigenvalue weighted by molar-refractivity contribution is 5.99. The van der Waals surface area contributed by atoms with Crippen molar-refractivity contribution in [3.8, 4) is 17.2 Å². The third kappa shape index (κ3) is 8.86. The summed E-state index contributed by atoms with van der Waals surface area (Å²) >= 11 is 0. The van der Waals surface area contributed by atoms with E-state index in [4.69, 9.17) is 14.2 Å². The summed E-state index contributed by atoms with van der Waals surface area (Å²) in [5.41, 5.74) is 0.244. The number of hydrogen-bond acceptors (Lipinski definition) is 7. The van der Waals surface area contributed by atoms with Crippen molar-refractivity contribution in [2.45, 2.75) is 51.7 Å². The molecule has 0 saturated carbocycles. The van der Waals surface area contributed by atoms with Crippen LogP contribution >= 0.6 is 0 Å². The Morgan fingerprint density at radius 2 is 1.76 bits per heavy atom. The van der Waals surface area contributed by atoms with Crippen LogP contribution in [0.4, 0.5) is 0 Å². The van der Waals surface area contributed by atoms with Gasteiger partial charge in [-0.05, 0) is 55.7 Å². The van der Waals surface area contributed by atoms with Crippen LogP contribution in [0, 0.1) is 5.92 Å². The lowest BCUT2D eigenvalue weighted by atomic mass is 10.0. The Kier molecular flexibility index (Phi) is 11.4. The quantitative estimate of drug-likeness (QED) is 0.436. The first-order chi connectivity index (χ1) is 19.6. The van der Waals surface area contributed by atoms with Crippen molar-refractivity contribution < 1.29 is 33.4 Å². The predicted octanol–water partition coefficient (Wildman–Crippen LogP) is 2.15. The second kappa shape index (κ2) is 14.9. The molecule has 4 amide bonds. The maximum absolute atomic E-state index is 13.3. The van der Waals surface area contributed by atoms with Crippen molar-refractivity contribution >= 4 is 23.6 Å². The summed E-state index contributed by atoms with van der Waals surface area (Å²) in [7, 11) is 3.12. The van der Waals surface area contributed by atoms with Crippen molar-refractivity contribution in [3.63, 3.8) is 0 Å². The number of hydrogen-bond donors (Lipinski definition) is 3. The smallest absolute Gasteiger partial charge is 0.255 e. The molecular weight excluding hydrogens is 528 g/mol. The van der Waals surface area contributed by atoms with Gasteiger partial charge in [0.1, 0.15) is 42.5 Å². The van der Waals surface area contributed by atoms with E-state index in [0.717, 1.165) is 0 Å². The van der Waals surface area contributed by atoms with Gasteiger partial charge in [-0.3, -0.25) is 19.2 Å². The van der Waals surface area contributed by atoms with Crippen LogP contribution in [-0.4, -0.2) is 80.6 Å². The van der Waals surface area contributed by atoms with E-state index < -0.39 is 23.9 Å². The number of para-hydroxylation sites is 1. The largest absolute Gasteiger partial charge is 0.497 e. The molecule has 0 bridgehead atoms. The molecule has 1 aliphatic rings. The van der Waals surface area contributed by atoms with Gasteiger partial charge in [-0.1, -0.05) is 26.0 Å². The number of nitrogens with one attached hydrogen (secondary N) is 3. The standard InChI is InChI=1S/C30H40N4O7/c1-19(2)25-18-41-26-9-7-6-8-23(26)29(37)32-24(14-15-27(35)34(4)20(3)28(36)33-25)30(38)31-16-17-40-22-12-10-21(39-5)11-13-22/h6-13,19-20,24-25H,14-18H2,1-5H3,(H,31,38)(H,32,37)(H,33,36)/t20-,24-,25+/m0/s1. The average Bonchev–Trinajstić information content (AvgIpc) is 2.98. The van der Waals surface area contributed by atoms with E-state index in [1.165, 1.54) is 4.90 Å². The van der Waals surface area contributed by atoms with Gasteiger partial charge < -0.3 is 35.1 Å². The molecule has 3 rings (SSSR count). The van der Waals surface area contributed by atoms with Crippen molar-refractivity contribution in [2.24, 2.45) is 5.92 Å². The van der Waals surface area contributed by atoms with Gasteiger partial charge in [0.25, 0.3) is 5.91 Å². The van der Waals surface area contributed by atoms with Crippen LogP contribution in [0.25, 0.3) is 0 Å². The summed E-state index contributed by atoms with van der Waals surface area (Å²) in [5, 5.41) is 8.50. The molecular formula is C30H40N4O7. The van der Waals surface area contributed by atoms with Gasteiger partial charge >= 0.3 is 0 Å². The van der Waals surface area contributed by atoms with E-state index in [9.17, 15) is 19.2 Å². The lowest BCUT2D eigenvalue weighted by molar-refractivity contribution is -0.139. The number of rotatable bonds is 7. The van der Waals surface area contributed by atoms with E-state index in [-0.39, 0.29) is 61.9 Å². The van der Waals surface area contributed by atoms with Crippen LogP contribution in [-0.2, 0) is 14.4 Å². The van der Waals surface area contributed by atoms with E-state index in [1.54, 1.807) is 69.6 Å². The number of amides is 4. The van der Waals surface area contributed by atoms with Gasteiger partial charge in [0.2, 0.25) is 17.7 Å². The second-order valence-corrected chi connectivity index (χ2v) is 10.2. The van der Waals surface area contributed by atoms with Gasteiger partial charge in [0, 0.05) is 13.5 Å². The first kappa shape index (κ1) is 31.3. The maximum Gasteiger partial charge on any atom is 0.255 e. The number of carbonyl (C=O) groups excluding carboxylic acids is 4. The SMILES string of the molecule is COc1ccc(OCCNC(=O)[C@@H]2CCC(=O)N(C)[C@@H](C)C(=O)N[C@@H](C(C)C)COc3ccccc3C(=O)N2)cc1. The summed E-state index contributed by atoms with van der Waals surface area (Å²) in [6.07, 6.45) is -0.0212. The van der Waals surface area contributed by atoms with Gasteiger partial charge in [-0.25, -0.2) is 0 Å². The van der Waals surface area contributed by atoms with Gasteiger partial charge in [-0.2, -0.15) is 0 Å². The molecule has 3 N–H and O–H groups in total. The number of ether oxygens (including phenoxy) is 3. The fourth-order valence-corrected chi connectivity index (χ4v) is 4.14. The van der Waals surface area contributed by atoms with Crippen molar-refractivity contribution in [1.82, 2.24) is 20.9 Å². The Morgan fingerprint density at radius 1 is 1.07 bits per heavy atom. The molecule has 0 saturated heterocycles. The fourth-order valence-electron chi connectivity index (χ4n) is 4.14. The topological polar surface area (TPSA) is 135 Å². The molecule has 41 heavy (non-hydrogen) atoms. The number of carbonyl (C=O) groups is 4. The maximum atomic E-state index is 13.3. The molecule has 0 aliphatic carbocycles. The van der Waals surface area contributed by atoms with E-state index in [1.807, 2.05) is 13.8 Å². The van der Waals surface area contributed by atoms with Gasteiger partial charge in [0.05, 0.1) is 25.3 Å². The lowest BCUT2D eigenvalue weighted by Crippen LogP contribution is -2.52. The molecule has 1 aliphatic heterocycles. The van der Waals surface area contributed by atoms with E-state index in [0.29, 0.717) is 17.2 Å². The van der Waals surface area contributed by atoms with Crippen molar-refractivity contribution in [3.05, 3.63) is 54.1 Å². The summed E-state index contributed by atoms with van der Waals surface area (Å²) in [5.74, 6) is 0.0727. The molecule has 2 aromatic carbocycles. The number of fused-ring (bicyclic) bond motifs is 1. The Balaban J connectivity index is 1.75. The number of benzene rings is 2. The van der Waals surface area contributed by atoms with E-state index in [2.05, 4.69) is 16.0 Å². The summed E-state index contributed by atoms with van der Waals surface area (Å²) < 4.78 is 16.8. The normalized spacial score (nSPS) is 20.5. The minimum Gasteiger partial charge on any atom is -0.497 e. The molecule has 0 radical (unpaired) electrons. The molecule has 0 unspecified atom stereocenters.